The number of para-hydroxylation sites is 2. The van der Waals surface area contributed by atoms with Gasteiger partial charge in [0.25, 0.3) is 10.0 Å². The number of likely N-dealkylation sites (N-methyl/N-ethyl adjacent to an activating group) is 1. The molecule has 0 fully saturated rings. The van der Waals surface area contributed by atoms with Crippen molar-refractivity contribution in [2.45, 2.75) is 24.4 Å². The van der Waals surface area contributed by atoms with E-state index in [1.54, 1.807) is 36.4 Å². The molecule has 0 aliphatic heterocycles. The van der Waals surface area contributed by atoms with Gasteiger partial charge >= 0.3 is 0 Å². The number of nitrogens with zero attached hydrogens (tertiary/aromatic N) is 2. The predicted octanol–water partition coefficient (Wildman–Crippen LogP) is 4.37. The molecule has 208 valence electrons. The summed E-state index contributed by atoms with van der Waals surface area (Å²) in [5.74, 6) is -0.406. The lowest BCUT2D eigenvalue weighted by atomic mass is 10.1. The zero-order valence-corrected chi connectivity index (χ0v) is 24.2. The number of benzene rings is 3. The van der Waals surface area contributed by atoms with E-state index in [1.807, 2.05) is 0 Å². The molecule has 39 heavy (non-hydrogen) atoms. The highest BCUT2D eigenvalue weighted by molar-refractivity contribution is 7.92. The molecular weight excluding hydrogens is 565 g/mol. The number of methoxy groups -OCH3 is 2. The van der Waals surface area contributed by atoms with E-state index < -0.39 is 34.4 Å². The number of halogens is 2. The van der Waals surface area contributed by atoms with E-state index >= 15 is 0 Å². The van der Waals surface area contributed by atoms with Gasteiger partial charge in [-0.2, -0.15) is 0 Å². The quantitative estimate of drug-likeness (QED) is 0.354. The minimum Gasteiger partial charge on any atom is -0.497 e. The zero-order valence-electron chi connectivity index (χ0n) is 21.9. The molecule has 9 nitrogen and oxygen atoms in total. The van der Waals surface area contributed by atoms with Crippen molar-refractivity contribution in [2.24, 2.45) is 0 Å². The summed E-state index contributed by atoms with van der Waals surface area (Å²) in [6, 6.07) is 16.1. The highest BCUT2D eigenvalue weighted by Gasteiger charge is 2.34. The van der Waals surface area contributed by atoms with Crippen molar-refractivity contribution < 1.29 is 27.5 Å². The molecule has 1 atom stereocenters. The second-order valence-electron chi connectivity index (χ2n) is 8.37. The summed E-state index contributed by atoms with van der Waals surface area (Å²) in [6.45, 7) is 0.763. The Bertz CT molecular complexity index is 1410. The van der Waals surface area contributed by atoms with E-state index in [-0.39, 0.29) is 22.9 Å². The fourth-order valence-electron chi connectivity index (χ4n) is 3.87. The van der Waals surface area contributed by atoms with Crippen LogP contribution in [0.25, 0.3) is 0 Å². The van der Waals surface area contributed by atoms with Gasteiger partial charge in [0.05, 0.1) is 24.8 Å². The molecule has 2 amide bonds. The Balaban J connectivity index is 2.11. The van der Waals surface area contributed by atoms with Crippen LogP contribution < -0.4 is 19.1 Å². The standard InChI is InChI=1S/C27H29Cl2N3O6S/c1-18(27(34)30-2)31(16-21-22(28)8-7-9-23(21)29)26(33)17-32(24-10-5-6-11-25(24)38-4)39(35,36)20-14-12-19(37-3)13-15-20/h5-15,18H,16-17H2,1-4H3,(H,30,34). The summed E-state index contributed by atoms with van der Waals surface area (Å²) in [4.78, 5) is 27.7. The van der Waals surface area contributed by atoms with Crippen molar-refractivity contribution >= 4 is 50.7 Å². The number of sulfonamides is 1. The maximum Gasteiger partial charge on any atom is 0.264 e. The minimum absolute atomic E-state index is 0.0675. The van der Waals surface area contributed by atoms with Gasteiger partial charge in [-0.15, -0.1) is 0 Å². The summed E-state index contributed by atoms with van der Waals surface area (Å²) >= 11 is 12.7. The molecule has 0 aliphatic rings. The van der Waals surface area contributed by atoms with Crippen molar-refractivity contribution in [3.63, 3.8) is 0 Å². The van der Waals surface area contributed by atoms with Crippen LogP contribution in [-0.4, -0.2) is 59.0 Å². The summed E-state index contributed by atoms with van der Waals surface area (Å²) in [7, 11) is 0.0303. The molecule has 0 bridgehead atoms. The molecule has 3 rings (SSSR count). The summed E-state index contributed by atoms with van der Waals surface area (Å²) in [5.41, 5.74) is 0.569. The van der Waals surface area contributed by atoms with Gasteiger partial charge in [0.15, 0.2) is 0 Å². The van der Waals surface area contributed by atoms with Gasteiger partial charge < -0.3 is 19.7 Å². The molecule has 0 saturated carbocycles. The third-order valence-corrected chi connectivity index (χ3v) is 8.57. The SMILES string of the molecule is CNC(=O)C(C)N(Cc1c(Cl)cccc1Cl)C(=O)CN(c1ccccc1OC)S(=O)(=O)c1ccc(OC)cc1. The zero-order chi connectivity index (χ0) is 28.7. The Morgan fingerprint density at radius 1 is 0.923 bits per heavy atom. The minimum atomic E-state index is -4.28. The molecule has 0 radical (unpaired) electrons. The highest BCUT2D eigenvalue weighted by atomic mass is 35.5. The Kier molecular flexibility index (Phi) is 10.1. The van der Waals surface area contributed by atoms with E-state index in [0.29, 0.717) is 21.4 Å². The molecule has 0 aliphatic carbocycles. The fraction of sp³-hybridized carbons (Fsp3) is 0.259. The first-order valence-corrected chi connectivity index (χ1v) is 14.0. The highest BCUT2D eigenvalue weighted by Crippen LogP contribution is 2.33. The first kappa shape index (κ1) is 30.1. The predicted molar refractivity (Wildman–Crippen MR) is 151 cm³/mol. The Labute approximate surface area is 238 Å². The Hall–Kier alpha value is -3.47. The Morgan fingerprint density at radius 3 is 2.10 bits per heavy atom. The number of amides is 2. The van der Waals surface area contributed by atoms with Crippen LogP contribution in [0, 0.1) is 0 Å². The van der Waals surface area contributed by atoms with Crippen LogP contribution in [0.3, 0.4) is 0 Å². The average Bonchev–Trinajstić information content (AvgIpc) is 2.94. The first-order chi connectivity index (χ1) is 18.5. The van der Waals surface area contributed by atoms with Gasteiger partial charge in [0, 0.05) is 29.2 Å². The summed E-state index contributed by atoms with van der Waals surface area (Å²) in [5, 5.41) is 3.13. The van der Waals surface area contributed by atoms with Crippen molar-refractivity contribution in [1.82, 2.24) is 10.2 Å². The first-order valence-electron chi connectivity index (χ1n) is 11.8. The smallest absolute Gasteiger partial charge is 0.264 e. The van der Waals surface area contributed by atoms with Crippen LogP contribution in [0.1, 0.15) is 12.5 Å². The van der Waals surface area contributed by atoms with Gasteiger partial charge in [-0.1, -0.05) is 41.4 Å². The molecule has 1 N–H and O–H groups in total. The van der Waals surface area contributed by atoms with Crippen molar-refractivity contribution in [2.75, 3.05) is 32.1 Å². The Morgan fingerprint density at radius 2 is 1.54 bits per heavy atom. The molecule has 0 saturated heterocycles. The van der Waals surface area contributed by atoms with E-state index in [2.05, 4.69) is 5.32 Å². The molecular formula is C27H29Cl2N3O6S. The van der Waals surface area contributed by atoms with Gasteiger partial charge in [-0.05, 0) is 55.5 Å². The average molecular weight is 595 g/mol. The maximum atomic E-state index is 13.9. The lowest BCUT2D eigenvalue weighted by Crippen LogP contribution is -2.50. The summed E-state index contributed by atoms with van der Waals surface area (Å²) < 4.78 is 39.4. The molecule has 0 heterocycles. The third kappa shape index (κ3) is 6.76. The summed E-state index contributed by atoms with van der Waals surface area (Å²) in [6.07, 6.45) is 0. The van der Waals surface area contributed by atoms with Crippen LogP contribution in [0.2, 0.25) is 10.0 Å². The molecule has 0 aromatic heterocycles. The van der Waals surface area contributed by atoms with Gasteiger partial charge in [-0.3, -0.25) is 13.9 Å². The monoisotopic (exact) mass is 593 g/mol. The van der Waals surface area contributed by atoms with Gasteiger partial charge in [-0.25, -0.2) is 8.42 Å². The molecule has 1 unspecified atom stereocenters. The third-order valence-electron chi connectivity index (χ3n) is 6.08. The number of rotatable bonds is 11. The van der Waals surface area contributed by atoms with Crippen molar-refractivity contribution in [3.05, 3.63) is 82.3 Å². The van der Waals surface area contributed by atoms with Crippen molar-refractivity contribution in [3.8, 4) is 11.5 Å². The van der Waals surface area contributed by atoms with Crippen LogP contribution in [0.5, 0.6) is 11.5 Å². The number of nitrogens with one attached hydrogen (secondary N) is 1. The number of carbonyl (C=O) groups excluding carboxylic acids is 2. The van der Waals surface area contributed by atoms with E-state index in [9.17, 15) is 18.0 Å². The van der Waals surface area contributed by atoms with Crippen LogP contribution in [0.4, 0.5) is 5.69 Å². The molecule has 12 heteroatoms. The number of anilines is 1. The number of hydrogen-bond acceptors (Lipinski definition) is 6. The van der Waals surface area contributed by atoms with E-state index in [1.165, 1.54) is 63.4 Å². The molecule has 3 aromatic rings. The lowest BCUT2D eigenvalue weighted by Gasteiger charge is -2.32. The second-order valence-corrected chi connectivity index (χ2v) is 11.0. The number of carbonyl (C=O) groups is 2. The molecule has 3 aromatic carbocycles. The number of ether oxygens (including phenoxy) is 2. The number of hydrogen-bond donors (Lipinski definition) is 1. The largest absolute Gasteiger partial charge is 0.497 e. The normalized spacial score (nSPS) is 11.8. The van der Waals surface area contributed by atoms with Crippen LogP contribution in [0.15, 0.2) is 71.6 Å². The van der Waals surface area contributed by atoms with E-state index in [4.69, 9.17) is 32.7 Å². The lowest BCUT2D eigenvalue weighted by molar-refractivity contribution is -0.139. The fourth-order valence-corrected chi connectivity index (χ4v) is 5.81. The van der Waals surface area contributed by atoms with Crippen molar-refractivity contribution in [1.29, 1.82) is 0 Å². The van der Waals surface area contributed by atoms with Gasteiger partial charge in [0.1, 0.15) is 24.1 Å². The van der Waals surface area contributed by atoms with Crippen LogP contribution in [-0.2, 0) is 26.2 Å². The van der Waals surface area contributed by atoms with Crippen LogP contribution >= 0.6 is 23.2 Å². The molecule has 0 spiro atoms. The van der Waals surface area contributed by atoms with Gasteiger partial charge in [0.2, 0.25) is 11.8 Å². The second kappa shape index (κ2) is 13.1. The topological polar surface area (TPSA) is 105 Å². The van der Waals surface area contributed by atoms with E-state index in [0.717, 1.165) is 4.31 Å². The maximum absolute atomic E-state index is 13.9.